The van der Waals surface area contributed by atoms with Crippen molar-refractivity contribution in [2.24, 2.45) is 0 Å². The second-order valence-electron chi connectivity index (χ2n) is 0. The predicted molar refractivity (Wildman–Crippen MR) is 48.0 cm³/mol. The number of hydrogen-bond acceptors (Lipinski definition) is 7. The van der Waals surface area contributed by atoms with Crippen LogP contribution < -0.4 is 59.1 Å². The first-order valence-corrected chi connectivity index (χ1v) is 1.52. The van der Waals surface area contributed by atoms with Gasteiger partial charge < -0.3 is 81.5 Å². The zero-order chi connectivity index (χ0) is 14.0. The molecule has 19 heavy (non-hydrogen) atoms. The minimum atomic E-state index is 0. The standard InChI is InChI=1S/6CN.Fe.NO.4Na/c6*1-2;;1-2;;;;/q6*-1;+5;-1;;;2*+1. The van der Waals surface area contributed by atoms with E-state index in [2.05, 4.69) is 0 Å². The second kappa shape index (κ2) is 5540. The molecule has 0 spiro atoms. The van der Waals surface area contributed by atoms with Gasteiger partial charge in [0.05, 0.1) is 0 Å². The molecule has 13 heteroatoms. The van der Waals surface area contributed by atoms with Crippen LogP contribution in [-0.2, 0) is 17.1 Å². The van der Waals surface area contributed by atoms with Gasteiger partial charge in [-0.2, -0.15) is 0 Å². The summed E-state index contributed by atoms with van der Waals surface area (Å²) in [5.41, 5.74) is 5.75. The van der Waals surface area contributed by atoms with Crippen LogP contribution in [-0.4, -0.2) is 59.1 Å². The summed E-state index contributed by atoms with van der Waals surface area (Å²) in [7, 11) is 0. The van der Waals surface area contributed by atoms with Crippen LogP contribution in [0.4, 0.5) is 0 Å². The minimum Gasteiger partial charge on any atom is -0.577 e. The molecule has 0 saturated carbocycles. The largest absolute Gasteiger partial charge is 5.00 e. The van der Waals surface area contributed by atoms with Crippen molar-refractivity contribution in [1.29, 1.82) is 31.6 Å². The zero-order valence-corrected chi connectivity index (χ0v) is 20.0. The molecule has 0 aromatic rings. The van der Waals surface area contributed by atoms with Crippen molar-refractivity contribution in [2.45, 2.75) is 0 Å². The smallest absolute Gasteiger partial charge is 0.577 e. The Labute approximate surface area is 213 Å². The first kappa shape index (κ1) is 112. The third-order valence-corrected chi connectivity index (χ3v) is 0. The van der Waals surface area contributed by atoms with Gasteiger partial charge in [0.25, 0.3) is 0 Å². The Balaban J connectivity index is -0.00000000288. The molecule has 3 radical (unpaired) electrons. The molecule has 0 aromatic heterocycles. The molecule has 8 nitrogen and oxygen atoms in total. The van der Waals surface area contributed by atoms with E-state index in [0.717, 1.165) is 0 Å². The van der Waals surface area contributed by atoms with Gasteiger partial charge in [-0.15, -0.1) is 0 Å². The molecular formula is C6FeN7Na4O. The van der Waals surface area contributed by atoms with Crippen LogP contribution in [0.25, 0.3) is 5.59 Å². The van der Waals surface area contributed by atoms with Crippen molar-refractivity contribution in [2.75, 3.05) is 0 Å². The molecule has 0 atom stereocenters. The van der Waals surface area contributed by atoms with Crippen molar-refractivity contribution in [3.63, 3.8) is 0 Å². The van der Waals surface area contributed by atoms with Crippen LogP contribution in [0.3, 0.4) is 0 Å². The monoisotopic (exact) mass is 334 g/mol. The molecule has 0 rings (SSSR count). The normalized spacial score (nSPS) is 0.842. The first-order valence-electron chi connectivity index (χ1n) is 1.52. The van der Waals surface area contributed by atoms with Gasteiger partial charge in [0.2, 0.25) is 0 Å². The molecule has 77 valence electrons. The minimum absolute atomic E-state index is 0. The fourth-order valence-corrected chi connectivity index (χ4v) is 0. The van der Waals surface area contributed by atoms with Crippen molar-refractivity contribution < 1.29 is 76.2 Å². The third kappa shape index (κ3) is 4940. The number of nitroso groups, excluding NO2 is 1. The SMILES string of the molecule is [C-]#N.[C-]#N.[C-]#N.[C-]#N.[C-]#N.[C-]#N.[Fe+5].[N-]=O.[Na+].[Na+].[Na].[Na]. The molecule has 0 heterocycles. The second-order valence-corrected chi connectivity index (χ2v) is 0. The Morgan fingerprint density at radius 2 is 0.474 bits per heavy atom. The predicted octanol–water partition coefficient (Wildman–Crippen LogP) is -5.86. The van der Waals surface area contributed by atoms with Gasteiger partial charge in [-0.1, -0.05) is 0 Å². The van der Waals surface area contributed by atoms with Gasteiger partial charge in [-0.05, 0) is 0 Å². The maximum atomic E-state index is 7.25. The summed E-state index contributed by atoms with van der Waals surface area (Å²) in [5.74, 6) is 0. The molecule has 0 aliphatic heterocycles. The van der Waals surface area contributed by atoms with E-state index < -0.39 is 0 Å². The van der Waals surface area contributed by atoms with Gasteiger partial charge in [-0.25, -0.2) is 0 Å². The van der Waals surface area contributed by atoms with Crippen LogP contribution in [0.15, 0.2) is 0 Å². The van der Waals surface area contributed by atoms with Crippen LogP contribution in [0.5, 0.6) is 0 Å². The maximum Gasteiger partial charge on any atom is 5.00 e. The zero-order valence-electron chi connectivity index (χ0n) is 10.9. The van der Waals surface area contributed by atoms with E-state index in [1.807, 2.05) is 0 Å². The molecule has 0 aliphatic carbocycles. The van der Waals surface area contributed by atoms with Gasteiger partial charge in [0.15, 0.2) is 0 Å². The summed E-state index contributed by atoms with van der Waals surface area (Å²) in [6.07, 6.45) is 0. The fourth-order valence-electron chi connectivity index (χ4n) is 0. The summed E-state index contributed by atoms with van der Waals surface area (Å²) in [5, 5.41) is 37.5. The molecule has 0 N–H and O–H groups in total. The molecule has 0 bridgehead atoms. The van der Waals surface area contributed by atoms with E-state index in [-0.39, 0.29) is 135 Å². The van der Waals surface area contributed by atoms with Crippen molar-refractivity contribution in [3.05, 3.63) is 49.9 Å². The maximum absolute atomic E-state index is 7.25. The number of nitrogens with zero attached hydrogens (tertiary/aromatic N) is 7. The van der Waals surface area contributed by atoms with Gasteiger partial charge in [0, 0.05) is 59.1 Å². The Hall–Kier alpha value is 1.06. The van der Waals surface area contributed by atoms with Crippen LogP contribution in [0.1, 0.15) is 0 Å². The van der Waals surface area contributed by atoms with Gasteiger partial charge in [-0.3, -0.25) is 0 Å². The summed E-state index contributed by atoms with van der Waals surface area (Å²) < 4.78 is 0. The van der Waals surface area contributed by atoms with Gasteiger partial charge >= 0.3 is 76.2 Å². The van der Waals surface area contributed by atoms with E-state index in [0.29, 0.717) is 0 Å². The van der Waals surface area contributed by atoms with Crippen LogP contribution in [0, 0.1) is 75.9 Å². The molecule has 0 saturated heterocycles. The molecule has 0 unspecified atom stereocenters. The fraction of sp³-hybridized carbons (Fsp3) is 0. The topological polar surface area (TPSA) is 182 Å². The summed E-state index contributed by atoms with van der Waals surface area (Å²) in [6.45, 7) is 28.5. The summed E-state index contributed by atoms with van der Waals surface area (Å²) in [6, 6.07) is 0. The Kier molecular flexibility index (Phi) is 32700. The summed E-state index contributed by atoms with van der Waals surface area (Å²) >= 11 is 0. The van der Waals surface area contributed by atoms with Crippen molar-refractivity contribution in [1.82, 2.24) is 0 Å². The van der Waals surface area contributed by atoms with E-state index in [1.54, 1.807) is 0 Å². The summed E-state index contributed by atoms with van der Waals surface area (Å²) in [4.78, 5) is 7.25. The van der Waals surface area contributed by atoms with Crippen LogP contribution in [0.2, 0.25) is 0 Å². The molecule has 0 aromatic carbocycles. The Morgan fingerprint density at radius 1 is 0.474 bits per heavy atom. The van der Waals surface area contributed by atoms with Crippen molar-refractivity contribution >= 4 is 59.1 Å². The Morgan fingerprint density at radius 3 is 0.474 bits per heavy atom. The van der Waals surface area contributed by atoms with E-state index in [1.165, 1.54) is 0 Å². The third-order valence-electron chi connectivity index (χ3n) is 0. The number of hydrogen-bond donors (Lipinski definition) is 0. The average molecular weight is 334 g/mol. The number of rotatable bonds is 0. The molecule has 0 amide bonds. The van der Waals surface area contributed by atoms with E-state index >= 15 is 0 Å². The molecule has 0 aliphatic rings. The first-order chi connectivity index (χ1) is 7.00. The van der Waals surface area contributed by atoms with Crippen LogP contribution >= 0.6 is 0 Å². The van der Waals surface area contributed by atoms with Gasteiger partial charge in [0.1, 0.15) is 0 Å². The quantitative estimate of drug-likeness (QED) is 0.312. The Bertz CT molecular complexity index is 124. The van der Waals surface area contributed by atoms with Crippen molar-refractivity contribution in [3.8, 4) is 0 Å². The molecule has 0 fully saturated rings. The molecular weight excluding hydrogens is 334 g/mol. The van der Waals surface area contributed by atoms with E-state index in [9.17, 15) is 0 Å². The average Bonchev–Trinajstić information content (AvgIpc) is 2.45. The van der Waals surface area contributed by atoms with E-state index in [4.69, 9.17) is 81.5 Å².